The van der Waals surface area contributed by atoms with Gasteiger partial charge in [-0.1, -0.05) is 5.16 Å². The van der Waals surface area contributed by atoms with Crippen LogP contribution in [0.15, 0.2) is 34.9 Å². The van der Waals surface area contributed by atoms with Crippen molar-refractivity contribution in [1.82, 2.24) is 20.0 Å². The van der Waals surface area contributed by atoms with Gasteiger partial charge in [0, 0.05) is 37.3 Å². The van der Waals surface area contributed by atoms with Crippen molar-refractivity contribution in [1.29, 1.82) is 0 Å². The van der Waals surface area contributed by atoms with Crippen LogP contribution in [0.4, 0.5) is 0 Å². The number of hydrogen-bond donors (Lipinski definition) is 1. The molecule has 0 atom stereocenters. The predicted octanol–water partition coefficient (Wildman–Crippen LogP) is 3.24. The van der Waals surface area contributed by atoms with Crippen LogP contribution in [0.1, 0.15) is 46.5 Å². The molecule has 1 amide bonds. The first-order valence-corrected chi connectivity index (χ1v) is 9.48. The summed E-state index contributed by atoms with van der Waals surface area (Å²) in [5.41, 5.74) is 3.60. The Morgan fingerprint density at radius 3 is 2.75 bits per heavy atom. The number of amides is 1. The zero-order valence-electron chi connectivity index (χ0n) is 16.4. The standard InChI is InChI=1S/C21H24N4O3/c1-13-17(12-18(25(13)2)14-6-8-16(27-3)9-7-14)20(26)22-11-10-19-23-21(28-24-19)15-4-5-15/h6-9,12,15H,4-5,10-11H2,1-3H3,(H,22,26). The molecule has 7 nitrogen and oxygen atoms in total. The summed E-state index contributed by atoms with van der Waals surface area (Å²) in [6, 6.07) is 9.73. The minimum atomic E-state index is -0.0984. The van der Waals surface area contributed by atoms with Crippen LogP contribution in [0, 0.1) is 6.92 Å². The molecule has 4 rings (SSSR count). The lowest BCUT2D eigenvalue weighted by molar-refractivity contribution is 0.0953. The molecule has 0 aliphatic heterocycles. The van der Waals surface area contributed by atoms with Crippen molar-refractivity contribution < 1.29 is 14.1 Å². The Bertz CT molecular complexity index is 984. The molecule has 3 aromatic rings. The Kier molecular flexibility index (Phi) is 4.90. The van der Waals surface area contributed by atoms with Crippen molar-refractivity contribution in [3.05, 3.63) is 53.3 Å². The Balaban J connectivity index is 1.41. The predicted molar refractivity (Wildman–Crippen MR) is 104 cm³/mol. The summed E-state index contributed by atoms with van der Waals surface area (Å²) >= 11 is 0. The number of ether oxygens (including phenoxy) is 1. The third kappa shape index (κ3) is 3.65. The van der Waals surface area contributed by atoms with Crippen molar-refractivity contribution in [3.63, 3.8) is 0 Å². The first-order valence-electron chi connectivity index (χ1n) is 9.48. The number of methoxy groups -OCH3 is 1. The van der Waals surface area contributed by atoms with E-state index in [9.17, 15) is 4.79 Å². The molecular weight excluding hydrogens is 356 g/mol. The van der Waals surface area contributed by atoms with Crippen molar-refractivity contribution in [2.75, 3.05) is 13.7 Å². The summed E-state index contributed by atoms with van der Waals surface area (Å²) in [6.07, 6.45) is 2.81. The maximum absolute atomic E-state index is 12.7. The average Bonchev–Trinajstić information content (AvgIpc) is 3.39. The van der Waals surface area contributed by atoms with E-state index in [0.717, 1.165) is 41.4 Å². The number of carbonyl (C=O) groups is 1. The lowest BCUT2D eigenvalue weighted by atomic mass is 10.1. The van der Waals surface area contributed by atoms with Gasteiger partial charge >= 0.3 is 0 Å². The molecule has 1 aliphatic rings. The number of aromatic nitrogens is 3. The third-order valence-corrected chi connectivity index (χ3v) is 5.21. The van der Waals surface area contributed by atoms with Gasteiger partial charge in [0.2, 0.25) is 5.89 Å². The van der Waals surface area contributed by atoms with Gasteiger partial charge in [0.15, 0.2) is 5.82 Å². The van der Waals surface area contributed by atoms with Gasteiger partial charge in [0.1, 0.15) is 5.75 Å². The van der Waals surface area contributed by atoms with Gasteiger partial charge in [-0.05, 0) is 55.7 Å². The monoisotopic (exact) mass is 380 g/mol. The molecule has 2 heterocycles. The minimum absolute atomic E-state index is 0.0984. The smallest absolute Gasteiger partial charge is 0.253 e. The molecule has 146 valence electrons. The van der Waals surface area contributed by atoms with Gasteiger partial charge in [0.05, 0.1) is 12.7 Å². The normalized spacial score (nSPS) is 13.5. The van der Waals surface area contributed by atoms with E-state index in [1.807, 2.05) is 48.9 Å². The minimum Gasteiger partial charge on any atom is -0.497 e. The fraction of sp³-hybridized carbons (Fsp3) is 0.381. The maximum Gasteiger partial charge on any atom is 0.253 e. The topological polar surface area (TPSA) is 82.2 Å². The molecule has 0 radical (unpaired) electrons. The largest absolute Gasteiger partial charge is 0.497 e. The van der Waals surface area contributed by atoms with Crippen LogP contribution in [0.5, 0.6) is 5.75 Å². The first-order chi connectivity index (χ1) is 13.6. The SMILES string of the molecule is COc1ccc(-c2cc(C(=O)NCCc3noc(C4CC4)n3)c(C)n2C)cc1. The van der Waals surface area contributed by atoms with Crippen LogP contribution in [-0.4, -0.2) is 34.3 Å². The molecule has 0 unspecified atom stereocenters. The van der Waals surface area contributed by atoms with Gasteiger partial charge in [-0.15, -0.1) is 0 Å². The van der Waals surface area contributed by atoms with E-state index in [4.69, 9.17) is 9.26 Å². The molecule has 28 heavy (non-hydrogen) atoms. The van der Waals surface area contributed by atoms with Crippen molar-refractivity contribution in [2.45, 2.75) is 32.1 Å². The molecule has 2 aromatic heterocycles. The van der Waals surface area contributed by atoms with E-state index in [1.54, 1.807) is 7.11 Å². The lowest BCUT2D eigenvalue weighted by Crippen LogP contribution is -2.26. The molecule has 0 saturated heterocycles. The first kappa shape index (κ1) is 18.3. The molecule has 1 saturated carbocycles. The van der Waals surface area contributed by atoms with Gasteiger partial charge in [-0.2, -0.15) is 4.98 Å². The number of benzene rings is 1. The molecule has 1 N–H and O–H groups in total. The van der Waals surface area contributed by atoms with E-state index >= 15 is 0 Å². The van der Waals surface area contributed by atoms with Crippen LogP contribution in [0.25, 0.3) is 11.3 Å². The van der Waals surface area contributed by atoms with Crippen LogP contribution in [0.2, 0.25) is 0 Å². The Hall–Kier alpha value is -3.09. The fourth-order valence-corrected chi connectivity index (χ4v) is 3.22. The van der Waals surface area contributed by atoms with Crippen molar-refractivity contribution in [3.8, 4) is 17.0 Å². The Morgan fingerprint density at radius 1 is 1.32 bits per heavy atom. The highest BCUT2D eigenvalue weighted by atomic mass is 16.5. The quantitative estimate of drug-likeness (QED) is 0.680. The van der Waals surface area contributed by atoms with E-state index in [1.165, 1.54) is 0 Å². The summed E-state index contributed by atoms with van der Waals surface area (Å²) in [7, 11) is 3.61. The van der Waals surface area contributed by atoms with Gasteiger partial charge in [0.25, 0.3) is 5.91 Å². The summed E-state index contributed by atoms with van der Waals surface area (Å²) in [4.78, 5) is 17.1. The van der Waals surface area contributed by atoms with E-state index < -0.39 is 0 Å². The highest BCUT2D eigenvalue weighted by molar-refractivity contribution is 5.97. The van der Waals surface area contributed by atoms with Crippen LogP contribution in [0.3, 0.4) is 0 Å². The van der Waals surface area contributed by atoms with Gasteiger partial charge < -0.3 is 19.1 Å². The average molecular weight is 380 g/mol. The molecule has 0 spiro atoms. The molecule has 1 fully saturated rings. The zero-order chi connectivity index (χ0) is 19.7. The second-order valence-electron chi connectivity index (χ2n) is 7.15. The van der Waals surface area contributed by atoms with E-state index in [-0.39, 0.29) is 5.91 Å². The van der Waals surface area contributed by atoms with E-state index in [0.29, 0.717) is 30.3 Å². The molecule has 0 bridgehead atoms. The Morgan fingerprint density at radius 2 is 2.07 bits per heavy atom. The summed E-state index contributed by atoms with van der Waals surface area (Å²) < 4.78 is 12.5. The molecule has 1 aromatic carbocycles. The number of hydrogen-bond acceptors (Lipinski definition) is 5. The maximum atomic E-state index is 12.7. The molecule has 7 heteroatoms. The van der Waals surface area contributed by atoms with Crippen molar-refractivity contribution >= 4 is 5.91 Å². The zero-order valence-corrected chi connectivity index (χ0v) is 16.4. The summed E-state index contributed by atoms with van der Waals surface area (Å²) in [5.74, 6) is 2.52. The number of nitrogens with zero attached hydrogens (tertiary/aromatic N) is 3. The highest BCUT2D eigenvalue weighted by Crippen LogP contribution is 2.38. The third-order valence-electron chi connectivity index (χ3n) is 5.21. The molecular formula is C21H24N4O3. The van der Waals surface area contributed by atoms with Gasteiger partial charge in [-0.3, -0.25) is 4.79 Å². The highest BCUT2D eigenvalue weighted by Gasteiger charge is 2.29. The Labute approximate surface area is 163 Å². The second-order valence-corrected chi connectivity index (χ2v) is 7.15. The number of rotatable bonds is 7. The van der Waals surface area contributed by atoms with Crippen LogP contribution in [-0.2, 0) is 13.5 Å². The van der Waals surface area contributed by atoms with Crippen LogP contribution < -0.4 is 10.1 Å². The lowest BCUT2D eigenvalue weighted by Gasteiger charge is -2.06. The van der Waals surface area contributed by atoms with Gasteiger partial charge in [-0.25, -0.2) is 0 Å². The fourth-order valence-electron chi connectivity index (χ4n) is 3.22. The molecule has 1 aliphatic carbocycles. The van der Waals surface area contributed by atoms with Crippen LogP contribution >= 0.6 is 0 Å². The number of nitrogens with one attached hydrogen (secondary N) is 1. The summed E-state index contributed by atoms with van der Waals surface area (Å²) in [5, 5.41) is 6.94. The second kappa shape index (κ2) is 7.50. The number of carbonyl (C=O) groups excluding carboxylic acids is 1. The van der Waals surface area contributed by atoms with Crippen molar-refractivity contribution in [2.24, 2.45) is 7.05 Å². The summed E-state index contributed by atoms with van der Waals surface area (Å²) in [6.45, 7) is 2.41. The van der Waals surface area contributed by atoms with E-state index in [2.05, 4.69) is 15.5 Å².